The molecule has 0 spiro atoms. The first-order valence-electron chi connectivity index (χ1n) is 5.59. The van der Waals surface area contributed by atoms with E-state index in [0.717, 1.165) is 0 Å². The van der Waals surface area contributed by atoms with Gasteiger partial charge in [-0.2, -0.15) is 0 Å². The summed E-state index contributed by atoms with van der Waals surface area (Å²) in [6.07, 6.45) is 0.399. The van der Waals surface area contributed by atoms with E-state index in [4.69, 9.17) is 11.6 Å². The molecular weight excluding hydrogens is 220 g/mol. The van der Waals surface area contributed by atoms with E-state index in [1.165, 1.54) is 11.1 Å². The Kier molecular flexibility index (Phi) is 4.15. The van der Waals surface area contributed by atoms with Crippen LogP contribution in [0.4, 0.5) is 0 Å². The minimum atomic E-state index is -0.271. The van der Waals surface area contributed by atoms with Crippen molar-refractivity contribution in [1.29, 1.82) is 0 Å². The van der Waals surface area contributed by atoms with Gasteiger partial charge < -0.3 is 0 Å². The van der Waals surface area contributed by atoms with Crippen LogP contribution in [0.5, 0.6) is 0 Å². The molecule has 1 unspecified atom stereocenters. The molecule has 0 aromatic heterocycles. The Morgan fingerprint density at radius 1 is 1.25 bits per heavy atom. The normalized spacial score (nSPS) is 13.6. The van der Waals surface area contributed by atoms with Crippen LogP contribution in [0.2, 0.25) is 0 Å². The van der Waals surface area contributed by atoms with Gasteiger partial charge in [0.15, 0.2) is 0 Å². The third-order valence-electron chi connectivity index (χ3n) is 2.81. The third-order valence-corrected chi connectivity index (χ3v) is 2.97. The molecule has 1 atom stereocenters. The summed E-state index contributed by atoms with van der Waals surface area (Å²) in [4.78, 5) is 10.8. The van der Waals surface area contributed by atoms with Crippen LogP contribution in [0.1, 0.15) is 51.2 Å². The lowest BCUT2D eigenvalue weighted by atomic mass is 9.85. The molecule has 2 heteroatoms. The highest BCUT2D eigenvalue weighted by Crippen LogP contribution is 2.25. The molecule has 0 amide bonds. The molecule has 0 radical (unpaired) electrons. The number of hydrogen-bond acceptors (Lipinski definition) is 1. The SMILES string of the molecule is CC(CC(=O)Cl)c1ccc(C(C)(C)C)cc1. The molecule has 0 heterocycles. The monoisotopic (exact) mass is 238 g/mol. The molecule has 16 heavy (non-hydrogen) atoms. The Bertz CT molecular complexity index is 359. The second-order valence-electron chi connectivity index (χ2n) is 5.33. The predicted molar refractivity (Wildman–Crippen MR) is 69.0 cm³/mol. The van der Waals surface area contributed by atoms with Crippen molar-refractivity contribution in [3.8, 4) is 0 Å². The molecule has 1 aromatic carbocycles. The van der Waals surface area contributed by atoms with Crippen molar-refractivity contribution in [3.63, 3.8) is 0 Å². The van der Waals surface area contributed by atoms with Crippen molar-refractivity contribution >= 4 is 16.8 Å². The first kappa shape index (κ1) is 13.2. The largest absolute Gasteiger partial charge is 0.281 e. The summed E-state index contributed by atoms with van der Waals surface area (Å²) < 4.78 is 0. The zero-order valence-corrected chi connectivity index (χ0v) is 11.1. The van der Waals surface area contributed by atoms with Crippen molar-refractivity contribution in [2.24, 2.45) is 0 Å². The fourth-order valence-corrected chi connectivity index (χ4v) is 1.90. The van der Waals surface area contributed by atoms with E-state index in [2.05, 4.69) is 45.0 Å². The fraction of sp³-hybridized carbons (Fsp3) is 0.500. The number of carbonyl (C=O) groups is 1. The second kappa shape index (κ2) is 5.01. The van der Waals surface area contributed by atoms with E-state index < -0.39 is 0 Å². The van der Waals surface area contributed by atoms with Gasteiger partial charge in [-0.1, -0.05) is 52.0 Å². The summed E-state index contributed by atoms with van der Waals surface area (Å²) >= 11 is 5.39. The molecule has 0 aliphatic rings. The van der Waals surface area contributed by atoms with E-state index in [9.17, 15) is 4.79 Å². The van der Waals surface area contributed by atoms with E-state index in [1.54, 1.807) is 0 Å². The minimum absolute atomic E-state index is 0.171. The number of carbonyl (C=O) groups excluding carboxylic acids is 1. The maximum atomic E-state index is 10.8. The van der Waals surface area contributed by atoms with Crippen molar-refractivity contribution in [2.45, 2.75) is 45.4 Å². The predicted octanol–water partition coefficient (Wildman–Crippen LogP) is 4.24. The van der Waals surface area contributed by atoms with Gasteiger partial charge in [-0.05, 0) is 34.1 Å². The zero-order chi connectivity index (χ0) is 12.3. The molecule has 1 rings (SSSR count). The zero-order valence-electron chi connectivity index (χ0n) is 10.4. The Hall–Kier alpha value is -0.820. The van der Waals surface area contributed by atoms with Gasteiger partial charge in [-0.15, -0.1) is 0 Å². The molecule has 0 saturated heterocycles. The Morgan fingerprint density at radius 2 is 1.75 bits per heavy atom. The molecule has 88 valence electrons. The van der Waals surface area contributed by atoms with Gasteiger partial charge in [0.1, 0.15) is 0 Å². The molecule has 0 saturated carbocycles. The lowest BCUT2D eigenvalue weighted by molar-refractivity contribution is -0.111. The summed E-state index contributed by atoms with van der Waals surface area (Å²) in [5.74, 6) is 0.194. The Morgan fingerprint density at radius 3 is 2.12 bits per heavy atom. The molecule has 1 aromatic rings. The van der Waals surface area contributed by atoms with Crippen LogP contribution in [0.25, 0.3) is 0 Å². The van der Waals surface area contributed by atoms with Crippen molar-refractivity contribution in [2.75, 3.05) is 0 Å². The van der Waals surface area contributed by atoms with Crippen LogP contribution in [0, 0.1) is 0 Å². The average Bonchev–Trinajstić information content (AvgIpc) is 2.15. The molecule has 0 bridgehead atoms. The van der Waals surface area contributed by atoms with Gasteiger partial charge in [0.05, 0.1) is 0 Å². The smallest absolute Gasteiger partial charge is 0.222 e. The first-order chi connectivity index (χ1) is 7.30. The van der Waals surface area contributed by atoms with E-state index in [-0.39, 0.29) is 16.6 Å². The average molecular weight is 239 g/mol. The standard InChI is InChI=1S/C14H19ClO/c1-10(9-13(15)16)11-5-7-12(8-6-11)14(2,3)4/h5-8,10H,9H2,1-4H3. The van der Waals surface area contributed by atoms with Crippen LogP contribution in [-0.2, 0) is 10.2 Å². The van der Waals surface area contributed by atoms with Gasteiger partial charge in [-0.3, -0.25) is 4.79 Å². The molecular formula is C14H19ClO. The van der Waals surface area contributed by atoms with E-state index in [0.29, 0.717) is 6.42 Å². The number of hydrogen-bond donors (Lipinski definition) is 0. The van der Waals surface area contributed by atoms with Gasteiger partial charge >= 0.3 is 0 Å². The Balaban J connectivity index is 2.83. The van der Waals surface area contributed by atoms with Crippen LogP contribution in [0.15, 0.2) is 24.3 Å². The fourth-order valence-electron chi connectivity index (χ4n) is 1.67. The van der Waals surface area contributed by atoms with E-state index in [1.807, 2.05) is 6.92 Å². The van der Waals surface area contributed by atoms with E-state index >= 15 is 0 Å². The maximum absolute atomic E-state index is 10.8. The topological polar surface area (TPSA) is 17.1 Å². The summed E-state index contributed by atoms with van der Waals surface area (Å²) in [7, 11) is 0. The third kappa shape index (κ3) is 3.64. The van der Waals surface area contributed by atoms with Gasteiger partial charge in [0.25, 0.3) is 0 Å². The van der Waals surface area contributed by atoms with Gasteiger partial charge in [0, 0.05) is 6.42 Å². The highest BCUT2D eigenvalue weighted by atomic mass is 35.5. The molecule has 0 aliphatic heterocycles. The minimum Gasteiger partial charge on any atom is -0.281 e. The number of halogens is 1. The molecule has 0 aliphatic carbocycles. The number of rotatable bonds is 3. The summed E-state index contributed by atoms with van der Waals surface area (Å²) in [6.45, 7) is 8.58. The van der Waals surface area contributed by atoms with Crippen molar-refractivity contribution in [1.82, 2.24) is 0 Å². The van der Waals surface area contributed by atoms with Crippen LogP contribution in [-0.4, -0.2) is 5.24 Å². The Labute approximate surface area is 103 Å². The number of benzene rings is 1. The highest BCUT2D eigenvalue weighted by Gasteiger charge is 2.14. The van der Waals surface area contributed by atoms with Crippen LogP contribution >= 0.6 is 11.6 Å². The quantitative estimate of drug-likeness (QED) is 0.720. The summed E-state index contributed by atoms with van der Waals surface area (Å²) in [6, 6.07) is 8.44. The molecule has 0 fully saturated rings. The lowest BCUT2D eigenvalue weighted by Crippen LogP contribution is -2.11. The summed E-state index contributed by atoms with van der Waals surface area (Å²) in [5, 5.41) is -0.271. The van der Waals surface area contributed by atoms with Gasteiger partial charge in [-0.25, -0.2) is 0 Å². The summed E-state index contributed by atoms with van der Waals surface area (Å²) in [5.41, 5.74) is 2.65. The van der Waals surface area contributed by atoms with Crippen molar-refractivity contribution < 1.29 is 4.79 Å². The highest BCUT2D eigenvalue weighted by molar-refractivity contribution is 6.63. The van der Waals surface area contributed by atoms with Gasteiger partial charge in [0.2, 0.25) is 5.24 Å². The second-order valence-corrected chi connectivity index (χ2v) is 5.75. The van der Waals surface area contributed by atoms with Crippen LogP contribution in [0.3, 0.4) is 0 Å². The maximum Gasteiger partial charge on any atom is 0.222 e. The van der Waals surface area contributed by atoms with Crippen LogP contribution < -0.4 is 0 Å². The molecule has 1 nitrogen and oxygen atoms in total. The first-order valence-corrected chi connectivity index (χ1v) is 5.97. The lowest BCUT2D eigenvalue weighted by Gasteiger charge is -2.20. The van der Waals surface area contributed by atoms with Crippen molar-refractivity contribution in [3.05, 3.63) is 35.4 Å². The molecule has 0 N–H and O–H groups in total.